The minimum atomic E-state index is 0.0145. The van der Waals surface area contributed by atoms with Gasteiger partial charge in [-0.1, -0.05) is 19.3 Å². The van der Waals surface area contributed by atoms with Crippen LogP contribution in [0.3, 0.4) is 0 Å². The van der Waals surface area contributed by atoms with Gasteiger partial charge >= 0.3 is 0 Å². The molecule has 0 spiro atoms. The van der Waals surface area contributed by atoms with E-state index >= 15 is 0 Å². The zero-order valence-corrected chi connectivity index (χ0v) is 12.7. The quantitative estimate of drug-likeness (QED) is 0.762. The average molecular weight is 283 g/mol. The number of nitrogens with zero attached hydrogens (tertiary/aromatic N) is 2. The van der Waals surface area contributed by atoms with E-state index < -0.39 is 0 Å². The first kappa shape index (κ1) is 15.7. The molecule has 1 amide bonds. The molecule has 0 atom stereocenters. The molecule has 0 unspecified atom stereocenters. The van der Waals surface area contributed by atoms with Crippen molar-refractivity contribution >= 4 is 5.91 Å². The van der Waals surface area contributed by atoms with Crippen LogP contribution in [-0.2, 0) is 4.79 Å². The topological polar surface area (TPSA) is 55.8 Å². The highest BCUT2D eigenvalue weighted by Crippen LogP contribution is 2.35. The summed E-state index contributed by atoms with van der Waals surface area (Å²) in [5.74, 6) is 0.196. The number of aliphatic hydroxyl groups excluding tert-OH is 1. The molecule has 1 heterocycles. The molecule has 1 saturated carbocycles. The molecule has 2 N–H and O–H groups in total. The van der Waals surface area contributed by atoms with Gasteiger partial charge in [0.25, 0.3) is 0 Å². The van der Waals surface area contributed by atoms with Crippen LogP contribution in [0.1, 0.15) is 32.1 Å². The maximum atomic E-state index is 12.1. The molecule has 0 aromatic carbocycles. The molecule has 0 aromatic heterocycles. The standard InChI is InChI=1S/C15H29N3O2/c1-17-7-9-18(10-8-17)14(20)11-16-12-15(13-19)5-3-2-4-6-15/h16,19H,2-13H2,1H3. The van der Waals surface area contributed by atoms with E-state index in [4.69, 9.17) is 0 Å². The molecule has 1 saturated heterocycles. The molecular weight excluding hydrogens is 254 g/mol. The summed E-state index contributed by atoms with van der Waals surface area (Å²) >= 11 is 0. The Morgan fingerprint density at radius 3 is 2.40 bits per heavy atom. The summed E-state index contributed by atoms with van der Waals surface area (Å²) in [6.07, 6.45) is 5.85. The van der Waals surface area contributed by atoms with Crippen LogP contribution in [0.4, 0.5) is 0 Å². The molecule has 2 rings (SSSR count). The Kier molecular flexibility index (Phi) is 5.81. The fourth-order valence-corrected chi connectivity index (χ4v) is 3.29. The van der Waals surface area contributed by atoms with Gasteiger partial charge in [0, 0.05) is 44.7 Å². The molecule has 20 heavy (non-hydrogen) atoms. The number of rotatable bonds is 5. The molecule has 1 aliphatic carbocycles. The number of hydrogen-bond donors (Lipinski definition) is 2. The maximum Gasteiger partial charge on any atom is 0.236 e. The molecule has 1 aliphatic heterocycles. The van der Waals surface area contributed by atoms with Crippen LogP contribution < -0.4 is 5.32 Å². The van der Waals surface area contributed by atoms with Crippen molar-refractivity contribution in [2.45, 2.75) is 32.1 Å². The summed E-state index contributed by atoms with van der Waals surface area (Å²) in [6, 6.07) is 0. The van der Waals surface area contributed by atoms with Crippen molar-refractivity contribution in [3.8, 4) is 0 Å². The number of likely N-dealkylation sites (N-methyl/N-ethyl adjacent to an activating group) is 1. The van der Waals surface area contributed by atoms with Crippen molar-refractivity contribution in [1.82, 2.24) is 15.1 Å². The molecular formula is C15H29N3O2. The van der Waals surface area contributed by atoms with E-state index in [2.05, 4.69) is 17.3 Å². The third-order valence-electron chi connectivity index (χ3n) is 4.88. The summed E-state index contributed by atoms with van der Waals surface area (Å²) in [5.41, 5.74) is 0.0145. The van der Waals surface area contributed by atoms with Gasteiger partial charge in [-0.25, -0.2) is 0 Å². The molecule has 5 nitrogen and oxygen atoms in total. The fraction of sp³-hybridized carbons (Fsp3) is 0.933. The van der Waals surface area contributed by atoms with Gasteiger partial charge in [0.1, 0.15) is 0 Å². The SMILES string of the molecule is CN1CCN(C(=O)CNCC2(CO)CCCCC2)CC1. The van der Waals surface area contributed by atoms with Gasteiger partial charge < -0.3 is 20.2 Å². The van der Waals surface area contributed by atoms with Gasteiger partial charge in [-0.05, 0) is 19.9 Å². The van der Waals surface area contributed by atoms with Crippen LogP contribution in [0.5, 0.6) is 0 Å². The van der Waals surface area contributed by atoms with Gasteiger partial charge in [0.15, 0.2) is 0 Å². The normalized spacial score (nSPS) is 23.8. The summed E-state index contributed by atoms with van der Waals surface area (Å²) in [5, 5.41) is 12.9. The van der Waals surface area contributed by atoms with Crippen molar-refractivity contribution in [1.29, 1.82) is 0 Å². The Bertz CT molecular complexity index is 308. The fourth-order valence-electron chi connectivity index (χ4n) is 3.29. The Morgan fingerprint density at radius 2 is 1.80 bits per heavy atom. The zero-order chi connectivity index (χ0) is 14.4. The van der Waals surface area contributed by atoms with E-state index in [0.717, 1.165) is 45.6 Å². The average Bonchev–Trinajstić information content (AvgIpc) is 2.49. The van der Waals surface area contributed by atoms with Gasteiger partial charge in [-0.3, -0.25) is 4.79 Å². The van der Waals surface area contributed by atoms with Gasteiger partial charge in [0.2, 0.25) is 5.91 Å². The first-order valence-electron chi connectivity index (χ1n) is 7.93. The second-order valence-corrected chi connectivity index (χ2v) is 6.51. The lowest BCUT2D eigenvalue weighted by atomic mass is 9.74. The number of piperazine rings is 1. The highest BCUT2D eigenvalue weighted by atomic mass is 16.3. The molecule has 116 valence electrons. The van der Waals surface area contributed by atoms with Crippen LogP contribution in [0.25, 0.3) is 0 Å². The van der Waals surface area contributed by atoms with E-state index in [9.17, 15) is 9.90 Å². The third kappa shape index (κ3) is 4.17. The Balaban J connectivity index is 1.70. The third-order valence-corrected chi connectivity index (χ3v) is 4.88. The Labute approximate surface area is 122 Å². The lowest BCUT2D eigenvalue weighted by molar-refractivity contribution is -0.131. The predicted octanol–water partition coefficient (Wildman–Crippen LogP) is 0.293. The number of carbonyl (C=O) groups is 1. The number of nitrogens with one attached hydrogen (secondary N) is 1. The minimum absolute atomic E-state index is 0.0145. The highest BCUT2D eigenvalue weighted by molar-refractivity contribution is 5.78. The smallest absolute Gasteiger partial charge is 0.236 e. The van der Waals surface area contributed by atoms with Gasteiger partial charge in [0.05, 0.1) is 6.54 Å². The molecule has 0 aromatic rings. The van der Waals surface area contributed by atoms with Crippen LogP contribution in [0.15, 0.2) is 0 Å². The first-order valence-corrected chi connectivity index (χ1v) is 7.93. The molecule has 0 bridgehead atoms. The van der Waals surface area contributed by atoms with Crippen molar-refractivity contribution in [2.24, 2.45) is 5.41 Å². The molecule has 5 heteroatoms. The lowest BCUT2D eigenvalue weighted by Gasteiger charge is -2.36. The Morgan fingerprint density at radius 1 is 1.15 bits per heavy atom. The van der Waals surface area contributed by atoms with Crippen molar-refractivity contribution in [2.75, 3.05) is 52.9 Å². The lowest BCUT2D eigenvalue weighted by Crippen LogP contribution is -2.50. The molecule has 0 radical (unpaired) electrons. The van der Waals surface area contributed by atoms with Crippen molar-refractivity contribution < 1.29 is 9.90 Å². The predicted molar refractivity (Wildman–Crippen MR) is 79.6 cm³/mol. The zero-order valence-electron chi connectivity index (χ0n) is 12.7. The summed E-state index contributed by atoms with van der Waals surface area (Å²) in [4.78, 5) is 16.3. The second kappa shape index (κ2) is 7.38. The minimum Gasteiger partial charge on any atom is -0.396 e. The van der Waals surface area contributed by atoms with E-state index in [-0.39, 0.29) is 17.9 Å². The van der Waals surface area contributed by atoms with Crippen LogP contribution >= 0.6 is 0 Å². The van der Waals surface area contributed by atoms with Gasteiger partial charge in [-0.15, -0.1) is 0 Å². The van der Waals surface area contributed by atoms with Crippen molar-refractivity contribution in [3.05, 3.63) is 0 Å². The Hall–Kier alpha value is -0.650. The number of amides is 1. The van der Waals surface area contributed by atoms with Crippen LogP contribution in [0, 0.1) is 5.41 Å². The summed E-state index contributed by atoms with van der Waals surface area (Å²) in [7, 11) is 2.09. The van der Waals surface area contributed by atoms with Gasteiger partial charge in [-0.2, -0.15) is 0 Å². The summed E-state index contributed by atoms with van der Waals surface area (Å²) in [6.45, 7) is 5.01. The first-order chi connectivity index (χ1) is 9.65. The van der Waals surface area contributed by atoms with E-state index in [1.54, 1.807) is 0 Å². The maximum absolute atomic E-state index is 12.1. The molecule has 2 aliphatic rings. The van der Waals surface area contributed by atoms with E-state index in [0.29, 0.717) is 6.54 Å². The highest BCUT2D eigenvalue weighted by Gasteiger charge is 2.31. The van der Waals surface area contributed by atoms with Crippen LogP contribution in [0.2, 0.25) is 0 Å². The van der Waals surface area contributed by atoms with E-state index in [1.807, 2.05) is 4.90 Å². The molecule has 2 fully saturated rings. The second-order valence-electron chi connectivity index (χ2n) is 6.51. The number of aliphatic hydroxyl groups is 1. The van der Waals surface area contributed by atoms with Crippen molar-refractivity contribution in [3.63, 3.8) is 0 Å². The monoisotopic (exact) mass is 283 g/mol. The summed E-state index contributed by atoms with van der Waals surface area (Å²) < 4.78 is 0. The van der Waals surface area contributed by atoms with E-state index in [1.165, 1.54) is 19.3 Å². The number of hydrogen-bond acceptors (Lipinski definition) is 4. The number of carbonyl (C=O) groups excluding carboxylic acids is 1. The largest absolute Gasteiger partial charge is 0.396 e. The van der Waals surface area contributed by atoms with Crippen LogP contribution in [-0.4, -0.2) is 73.7 Å².